The molecule has 2 aromatic heterocycles. The summed E-state index contributed by atoms with van der Waals surface area (Å²) in [7, 11) is 3.68. The number of likely N-dealkylation sites (N-methyl/N-ethyl adjacent to an activating group) is 1. The lowest BCUT2D eigenvalue weighted by Gasteiger charge is -2.37. The van der Waals surface area contributed by atoms with Gasteiger partial charge in [0, 0.05) is 55.5 Å². The smallest absolute Gasteiger partial charge is 0.257 e. The molecule has 0 saturated carbocycles. The van der Waals surface area contributed by atoms with Crippen molar-refractivity contribution in [2.45, 2.75) is 18.9 Å². The lowest BCUT2D eigenvalue weighted by molar-refractivity contribution is 0.0717. The van der Waals surface area contributed by atoms with Crippen molar-refractivity contribution in [1.82, 2.24) is 24.6 Å². The molecule has 7 nitrogen and oxygen atoms in total. The number of amides is 1. The minimum Gasteiger partial charge on any atom is -0.339 e. The Morgan fingerprint density at radius 3 is 2.96 bits per heavy atom. The van der Waals surface area contributed by atoms with E-state index in [4.69, 9.17) is 4.98 Å². The second-order valence-corrected chi connectivity index (χ2v) is 7.85. The first-order valence-electron chi connectivity index (χ1n) is 8.94. The molecule has 0 spiro atoms. The number of piperidine rings is 1. The van der Waals surface area contributed by atoms with Crippen molar-refractivity contribution in [3.8, 4) is 0 Å². The molecule has 1 saturated heterocycles. The van der Waals surface area contributed by atoms with E-state index in [0.29, 0.717) is 5.56 Å². The maximum Gasteiger partial charge on any atom is 0.257 e. The summed E-state index contributed by atoms with van der Waals surface area (Å²) in [6.45, 7) is 1.62. The summed E-state index contributed by atoms with van der Waals surface area (Å²) in [5.74, 6) is 0.718. The summed E-state index contributed by atoms with van der Waals surface area (Å²) >= 11 is 3.48. The van der Waals surface area contributed by atoms with Gasteiger partial charge in [-0.15, -0.1) is 0 Å². The monoisotopic (exact) mass is 428 g/mol. The number of nitrogens with zero attached hydrogens (tertiary/aromatic N) is 6. The molecule has 0 aliphatic carbocycles. The van der Waals surface area contributed by atoms with Gasteiger partial charge in [0.2, 0.25) is 5.95 Å². The second-order valence-electron chi connectivity index (χ2n) is 6.93. The van der Waals surface area contributed by atoms with Crippen molar-refractivity contribution in [2.75, 3.05) is 25.0 Å². The van der Waals surface area contributed by atoms with Crippen LogP contribution in [-0.4, -0.2) is 56.7 Å². The van der Waals surface area contributed by atoms with E-state index in [9.17, 15) is 4.79 Å². The Morgan fingerprint density at radius 1 is 1.33 bits per heavy atom. The highest BCUT2D eigenvalue weighted by Crippen LogP contribution is 2.23. The summed E-state index contributed by atoms with van der Waals surface area (Å²) in [5.41, 5.74) is 1.54. The van der Waals surface area contributed by atoms with Crippen molar-refractivity contribution < 1.29 is 4.79 Å². The Kier molecular flexibility index (Phi) is 4.82. The molecule has 1 amide bonds. The first kappa shape index (κ1) is 17.9. The van der Waals surface area contributed by atoms with E-state index in [1.165, 1.54) is 0 Å². The lowest BCUT2D eigenvalue weighted by atomic mass is 10.0. The molecular weight excluding hydrogens is 408 g/mol. The molecule has 0 radical (unpaired) electrons. The van der Waals surface area contributed by atoms with Crippen molar-refractivity contribution >= 4 is 38.7 Å². The van der Waals surface area contributed by atoms with E-state index in [1.54, 1.807) is 17.1 Å². The fourth-order valence-corrected chi connectivity index (χ4v) is 3.88. The van der Waals surface area contributed by atoms with E-state index in [2.05, 4.69) is 30.9 Å². The fraction of sp³-hybridized carbons (Fsp3) is 0.368. The standard InChI is InChI=1S/C19H21BrN6O/c1-24-11-14(10-22-24)18(27)25(2)16-4-3-7-26(12-16)19-21-9-13-8-15(20)5-6-17(13)23-19/h5-6,8-11,16H,3-4,7,12H2,1-2H3. The number of halogens is 1. The maximum atomic E-state index is 12.7. The van der Waals surface area contributed by atoms with Crippen molar-refractivity contribution in [3.05, 3.63) is 46.8 Å². The van der Waals surface area contributed by atoms with Crippen LogP contribution in [0.2, 0.25) is 0 Å². The lowest BCUT2D eigenvalue weighted by Crippen LogP contribution is -2.49. The molecule has 140 valence electrons. The van der Waals surface area contributed by atoms with Gasteiger partial charge < -0.3 is 9.80 Å². The molecule has 0 bridgehead atoms. The average Bonchev–Trinajstić information content (AvgIpc) is 3.13. The quantitative estimate of drug-likeness (QED) is 0.641. The van der Waals surface area contributed by atoms with Crippen LogP contribution in [0.15, 0.2) is 41.3 Å². The Hall–Kier alpha value is -2.48. The van der Waals surface area contributed by atoms with Gasteiger partial charge in [-0.05, 0) is 31.0 Å². The summed E-state index contributed by atoms with van der Waals surface area (Å²) in [6.07, 6.45) is 7.20. The van der Waals surface area contributed by atoms with Gasteiger partial charge in [-0.25, -0.2) is 9.97 Å². The SMILES string of the molecule is CN(C(=O)c1cnn(C)c1)C1CCCN(c2ncc3cc(Br)ccc3n2)C1. The normalized spacial score (nSPS) is 17.3. The number of hydrogen-bond donors (Lipinski definition) is 0. The molecule has 1 aromatic carbocycles. The van der Waals surface area contributed by atoms with Crippen LogP contribution >= 0.6 is 15.9 Å². The van der Waals surface area contributed by atoms with Crippen LogP contribution in [0.25, 0.3) is 10.9 Å². The summed E-state index contributed by atoms with van der Waals surface area (Å²) in [6, 6.07) is 6.11. The van der Waals surface area contributed by atoms with Gasteiger partial charge in [0.05, 0.1) is 17.3 Å². The van der Waals surface area contributed by atoms with Gasteiger partial charge in [0.25, 0.3) is 5.91 Å². The van der Waals surface area contributed by atoms with Gasteiger partial charge in [0.15, 0.2) is 0 Å². The zero-order valence-corrected chi connectivity index (χ0v) is 16.9. The van der Waals surface area contributed by atoms with Gasteiger partial charge in [-0.2, -0.15) is 5.10 Å². The summed E-state index contributed by atoms with van der Waals surface area (Å²) < 4.78 is 2.66. The molecule has 27 heavy (non-hydrogen) atoms. The van der Waals surface area contributed by atoms with E-state index < -0.39 is 0 Å². The Bertz CT molecular complexity index is 987. The topological polar surface area (TPSA) is 67.2 Å². The van der Waals surface area contributed by atoms with Crippen LogP contribution in [0, 0.1) is 0 Å². The number of rotatable bonds is 3. The number of benzene rings is 1. The van der Waals surface area contributed by atoms with Crippen LogP contribution in [0.5, 0.6) is 0 Å². The van der Waals surface area contributed by atoms with Crippen LogP contribution in [0.3, 0.4) is 0 Å². The van der Waals surface area contributed by atoms with Crippen molar-refractivity contribution in [2.24, 2.45) is 7.05 Å². The molecule has 1 fully saturated rings. The first-order chi connectivity index (χ1) is 13.0. The number of carbonyl (C=O) groups excluding carboxylic acids is 1. The second kappa shape index (κ2) is 7.26. The Balaban J connectivity index is 1.52. The average molecular weight is 429 g/mol. The molecule has 0 N–H and O–H groups in total. The van der Waals surface area contributed by atoms with E-state index in [-0.39, 0.29) is 11.9 Å². The number of carbonyl (C=O) groups is 1. The largest absolute Gasteiger partial charge is 0.339 e. The molecule has 4 rings (SSSR count). The highest BCUT2D eigenvalue weighted by molar-refractivity contribution is 9.10. The molecule has 8 heteroatoms. The number of anilines is 1. The minimum atomic E-state index is -0.000713. The fourth-order valence-electron chi connectivity index (χ4n) is 3.50. The number of fused-ring (bicyclic) bond motifs is 1. The number of hydrogen-bond acceptors (Lipinski definition) is 5. The van der Waals surface area contributed by atoms with Crippen LogP contribution in [-0.2, 0) is 7.05 Å². The molecule has 1 unspecified atom stereocenters. The van der Waals surface area contributed by atoms with E-state index >= 15 is 0 Å². The predicted molar refractivity (Wildman–Crippen MR) is 108 cm³/mol. The van der Waals surface area contributed by atoms with Crippen LogP contribution in [0.1, 0.15) is 23.2 Å². The third-order valence-electron chi connectivity index (χ3n) is 5.03. The third kappa shape index (κ3) is 3.66. The predicted octanol–water partition coefficient (Wildman–Crippen LogP) is 2.87. The molecule has 1 aliphatic heterocycles. The summed E-state index contributed by atoms with van der Waals surface area (Å²) in [4.78, 5) is 26.0. The summed E-state index contributed by atoms with van der Waals surface area (Å²) in [5, 5.41) is 5.10. The van der Waals surface area contributed by atoms with Crippen molar-refractivity contribution in [1.29, 1.82) is 0 Å². The zero-order valence-electron chi connectivity index (χ0n) is 15.3. The highest BCUT2D eigenvalue weighted by atomic mass is 79.9. The van der Waals surface area contributed by atoms with Gasteiger partial charge >= 0.3 is 0 Å². The molecule has 3 heterocycles. The zero-order chi connectivity index (χ0) is 19.0. The maximum absolute atomic E-state index is 12.7. The Labute approximate surface area is 166 Å². The molecule has 3 aromatic rings. The van der Waals surface area contributed by atoms with E-state index in [1.807, 2.05) is 43.4 Å². The number of aryl methyl sites for hydroxylation is 1. The Morgan fingerprint density at radius 2 is 2.19 bits per heavy atom. The van der Waals surface area contributed by atoms with E-state index in [0.717, 1.165) is 47.3 Å². The van der Waals surface area contributed by atoms with Crippen LogP contribution in [0.4, 0.5) is 5.95 Å². The van der Waals surface area contributed by atoms with Crippen molar-refractivity contribution in [3.63, 3.8) is 0 Å². The van der Waals surface area contributed by atoms with Gasteiger partial charge in [-0.3, -0.25) is 9.48 Å². The third-order valence-corrected chi connectivity index (χ3v) is 5.52. The van der Waals surface area contributed by atoms with Crippen LogP contribution < -0.4 is 4.90 Å². The first-order valence-corrected chi connectivity index (χ1v) is 9.73. The minimum absolute atomic E-state index is 0.000713. The highest BCUT2D eigenvalue weighted by Gasteiger charge is 2.28. The molecular formula is C19H21BrN6O. The molecule has 1 aliphatic rings. The number of aromatic nitrogens is 4. The van der Waals surface area contributed by atoms with Gasteiger partial charge in [-0.1, -0.05) is 15.9 Å². The molecule has 1 atom stereocenters. The van der Waals surface area contributed by atoms with Gasteiger partial charge in [0.1, 0.15) is 0 Å².